The minimum Gasteiger partial charge on any atom is -0.108 e. The molecule has 0 aromatic carbocycles. The van der Waals surface area contributed by atoms with E-state index in [2.05, 4.69) is 54.7 Å². The van der Waals surface area contributed by atoms with E-state index in [0.29, 0.717) is 0 Å². The predicted molar refractivity (Wildman–Crippen MR) is 68.7 cm³/mol. The van der Waals surface area contributed by atoms with E-state index >= 15 is 0 Å². The van der Waals surface area contributed by atoms with Gasteiger partial charge in [-0.25, -0.2) is 0 Å². The third kappa shape index (κ3) is 3.40. The number of allylic oxidation sites excluding steroid dienone is 2. The van der Waals surface area contributed by atoms with Crippen molar-refractivity contribution in [1.82, 2.24) is 0 Å². The van der Waals surface area contributed by atoms with Crippen molar-refractivity contribution >= 4 is 14.3 Å². The Kier molecular flexibility index (Phi) is 3.89. The molecule has 0 aliphatic carbocycles. The van der Waals surface area contributed by atoms with Gasteiger partial charge in [-0.1, -0.05) is 41.5 Å². The third-order valence-corrected chi connectivity index (χ3v) is 2.68. The Bertz CT molecular complexity index is 212. The van der Waals surface area contributed by atoms with Gasteiger partial charge in [-0.05, 0) is 10.8 Å². The zero-order valence-corrected chi connectivity index (χ0v) is 10.6. The average Bonchev–Trinajstić information content (AvgIpc) is 1.97. The topological polar surface area (TPSA) is 0 Å². The normalized spacial score (nSPS) is 12.4. The monoisotopic (exact) mass is 188 g/mol. The Morgan fingerprint density at radius 1 is 0.857 bits per heavy atom. The highest BCUT2D eigenvalue weighted by Crippen LogP contribution is 2.32. The number of rotatable bonds is 2. The maximum atomic E-state index is 6.13. The molecule has 0 unspecified atom stereocenters. The van der Waals surface area contributed by atoms with Gasteiger partial charge in [-0.15, -0.1) is 24.1 Å². The van der Waals surface area contributed by atoms with E-state index in [1.54, 1.807) is 0 Å². The number of hydrogen-bond acceptors (Lipinski definition) is 0. The fraction of sp³-hybridized carbons (Fsp3) is 0.667. The van der Waals surface area contributed by atoms with Crippen LogP contribution in [0, 0.1) is 10.8 Å². The quantitative estimate of drug-likeness (QED) is 0.582. The van der Waals surface area contributed by atoms with Crippen molar-refractivity contribution in [2.75, 3.05) is 0 Å². The molecule has 0 amide bonds. The lowest BCUT2D eigenvalue weighted by molar-refractivity contribution is 0.516. The molecule has 2 heteroatoms. The van der Waals surface area contributed by atoms with E-state index in [4.69, 9.17) is 7.74 Å². The largest absolute Gasteiger partial charge is 0.150 e. The Labute approximate surface area is 91.3 Å². The molecule has 0 spiro atoms. The van der Waals surface area contributed by atoms with Crippen molar-refractivity contribution in [2.45, 2.75) is 41.5 Å². The van der Waals surface area contributed by atoms with Crippen molar-refractivity contribution in [3.8, 4) is 0 Å². The second-order valence-electron chi connectivity index (χ2n) is 6.03. The van der Waals surface area contributed by atoms with E-state index in [9.17, 15) is 0 Å². The van der Waals surface area contributed by atoms with E-state index in [0.717, 1.165) is 10.9 Å². The van der Waals surface area contributed by atoms with Gasteiger partial charge >= 0.3 is 0 Å². The zero-order valence-electron chi connectivity index (χ0n) is 10.6. The number of hydrogen-bond donors (Lipinski definition) is 0. The van der Waals surface area contributed by atoms with E-state index in [-0.39, 0.29) is 17.4 Å². The highest BCUT2D eigenvalue weighted by Gasteiger charge is 2.28. The van der Waals surface area contributed by atoms with Gasteiger partial charge in [-0.3, -0.25) is 0 Å². The molecule has 0 bridgehead atoms. The summed E-state index contributed by atoms with van der Waals surface area (Å²) in [6.45, 7) is 20.8. The second kappa shape index (κ2) is 4.00. The molecule has 0 aromatic heterocycles. The van der Waals surface area contributed by atoms with Gasteiger partial charge in [0.1, 0.15) is 0 Å². The molecule has 0 atom stereocenters. The summed E-state index contributed by atoms with van der Waals surface area (Å²) in [5.74, 6) is 0. The second-order valence-corrected chi connectivity index (χ2v) is 6.03. The van der Waals surface area contributed by atoms with Gasteiger partial charge in [0.15, 0.2) is 6.60 Å². The summed E-state index contributed by atoms with van der Waals surface area (Å²) in [6.07, 6.45) is 0. The Hall–Kier alpha value is -0.390. The molecule has 0 saturated carbocycles. The van der Waals surface area contributed by atoms with Crippen LogP contribution in [0.1, 0.15) is 41.5 Å². The van der Waals surface area contributed by atoms with Gasteiger partial charge < -0.3 is 0 Å². The molecular formula is C12H22B2. The highest BCUT2D eigenvalue weighted by molar-refractivity contribution is 7.11. The summed E-state index contributed by atoms with van der Waals surface area (Å²) in [4.78, 5) is 0. The average molecular weight is 188 g/mol. The molecular weight excluding hydrogens is 166 g/mol. The smallest absolute Gasteiger partial charge is 0.108 e. The summed E-state index contributed by atoms with van der Waals surface area (Å²) in [5.41, 5.74) is 2.20. The maximum absolute atomic E-state index is 6.13. The van der Waals surface area contributed by atoms with Crippen molar-refractivity contribution in [3.63, 3.8) is 0 Å². The lowest BCUT2D eigenvalue weighted by Gasteiger charge is -2.33. The fourth-order valence-electron chi connectivity index (χ4n) is 1.14. The summed E-state index contributed by atoms with van der Waals surface area (Å²) >= 11 is 0. The van der Waals surface area contributed by atoms with Crippen LogP contribution in [0.4, 0.5) is 0 Å². The lowest BCUT2D eigenvalue weighted by Crippen LogP contribution is -2.33. The van der Waals surface area contributed by atoms with Crippen molar-refractivity contribution in [3.05, 3.63) is 24.1 Å². The van der Waals surface area contributed by atoms with Gasteiger partial charge in [-0.2, -0.15) is 0 Å². The molecule has 0 N–H and O–H groups in total. The molecule has 0 aromatic rings. The van der Waals surface area contributed by atoms with Crippen LogP contribution in [0.5, 0.6) is 0 Å². The van der Waals surface area contributed by atoms with E-state index < -0.39 is 0 Å². The summed E-state index contributed by atoms with van der Waals surface area (Å²) < 4.78 is 0. The van der Waals surface area contributed by atoms with E-state index in [1.165, 1.54) is 0 Å². The van der Waals surface area contributed by atoms with Crippen molar-refractivity contribution < 1.29 is 0 Å². The Balaban J connectivity index is 4.74. The van der Waals surface area contributed by atoms with Crippen molar-refractivity contribution in [1.29, 1.82) is 0 Å². The molecule has 0 saturated heterocycles. The molecule has 0 aliphatic heterocycles. The van der Waals surface area contributed by atoms with Crippen LogP contribution in [0.25, 0.3) is 0 Å². The van der Waals surface area contributed by atoms with Crippen LogP contribution < -0.4 is 0 Å². The maximum Gasteiger partial charge on any atom is 0.150 e. The van der Waals surface area contributed by atoms with Crippen LogP contribution in [0.15, 0.2) is 24.1 Å². The zero-order chi connectivity index (χ0) is 11.7. The van der Waals surface area contributed by atoms with Crippen molar-refractivity contribution in [2.24, 2.45) is 10.8 Å². The van der Waals surface area contributed by atoms with Gasteiger partial charge in [0.2, 0.25) is 0 Å². The van der Waals surface area contributed by atoms with Crippen LogP contribution in [-0.2, 0) is 0 Å². The first-order chi connectivity index (χ1) is 5.98. The minimum atomic E-state index is -0.102. The molecule has 0 heterocycles. The summed E-state index contributed by atoms with van der Waals surface area (Å²) in [6, 6.07) is 0. The molecule has 0 aliphatic rings. The van der Waals surface area contributed by atoms with Gasteiger partial charge in [0.05, 0.1) is 0 Å². The van der Waals surface area contributed by atoms with E-state index in [1.807, 2.05) is 0 Å². The Morgan fingerprint density at radius 3 is 1.21 bits per heavy atom. The standard InChI is InChI=1S/C12H22B2/c1-9(11(3,4)5)14(13)10(2)12(6,7)8/h1-2H2,3-8H3. The molecule has 0 nitrogen and oxygen atoms in total. The first-order valence-electron chi connectivity index (χ1n) is 5.12. The van der Waals surface area contributed by atoms with Crippen LogP contribution in [0.3, 0.4) is 0 Å². The SMILES string of the molecule is [B]B(C(=C)C(C)(C)C)C(=C)C(C)(C)C. The van der Waals surface area contributed by atoms with Gasteiger partial charge in [0, 0.05) is 7.74 Å². The van der Waals surface area contributed by atoms with Crippen LogP contribution in [0.2, 0.25) is 0 Å². The molecule has 2 radical (unpaired) electrons. The van der Waals surface area contributed by atoms with Crippen LogP contribution >= 0.6 is 0 Å². The molecule has 76 valence electrons. The first kappa shape index (κ1) is 13.6. The Morgan fingerprint density at radius 2 is 1.07 bits per heavy atom. The summed E-state index contributed by atoms with van der Waals surface area (Å²) in [5, 5.41) is 0. The predicted octanol–water partition coefficient (Wildman–Crippen LogP) is 3.43. The minimum absolute atomic E-state index is 0.0492. The molecule has 0 fully saturated rings. The highest BCUT2D eigenvalue weighted by atomic mass is 14.2. The lowest BCUT2D eigenvalue weighted by atomic mass is 9.21. The molecule has 14 heavy (non-hydrogen) atoms. The fourth-order valence-corrected chi connectivity index (χ4v) is 1.14. The summed E-state index contributed by atoms with van der Waals surface area (Å²) in [7, 11) is 6.13. The third-order valence-electron chi connectivity index (χ3n) is 2.68. The van der Waals surface area contributed by atoms with Gasteiger partial charge in [0.25, 0.3) is 0 Å². The van der Waals surface area contributed by atoms with Crippen LogP contribution in [-0.4, -0.2) is 14.3 Å². The first-order valence-corrected chi connectivity index (χ1v) is 5.12. The molecule has 0 rings (SSSR count).